The standard InChI is InChI=1S/C12H9N3O/c1-2-4-10-9(3-1)5-6-11(15-14-10)12-13-7-8-16-12/h1-8,14H. The monoisotopic (exact) mass is 211 g/mol. The molecule has 4 nitrogen and oxygen atoms in total. The van der Waals surface area contributed by atoms with Gasteiger partial charge in [0.15, 0.2) is 0 Å². The molecule has 4 heteroatoms. The van der Waals surface area contributed by atoms with Gasteiger partial charge < -0.3 is 4.42 Å². The van der Waals surface area contributed by atoms with Crippen LogP contribution < -0.4 is 5.43 Å². The van der Waals surface area contributed by atoms with Crippen LogP contribution in [0.2, 0.25) is 0 Å². The first-order valence-corrected chi connectivity index (χ1v) is 4.94. The number of allylic oxidation sites excluding steroid dienone is 1. The third kappa shape index (κ3) is 1.50. The smallest absolute Gasteiger partial charge is 0.246 e. The van der Waals surface area contributed by atoms with E-state index in [1.54, 1.807) is 6.20 Å². The third-order valence-electron chi connectivity index (χ3n) is 2.33. The van der Waals surface area contributed by atoms with Gasteiger partial charge in [0.2, 0.25) is 5.89 Å². The van der Waals surface area contributed by atoms with Crippen LogP contribution in [-0.4, -0.2) is 10.7 Å². The molecule has 1 aromatic carbocycles. The number of nitrogens with one attached hydrogen (secondary N) is 1. The van der Waals surface area contributed by atoms with Crippen LogP contribution in [0.4, 0.5) is 5.69 Å². The summed E-state index contributed by atoms with van der Waals surface area (Å²) < 4.78 is 5.19. The SMILES string of the molecule is C1=Cc2ccccc2NN=C1c1ncco1. The lowest BCUT2D eigenvalue weighted by Gasteiger charge is -2.01. The number of nitrogens with zero attached hydrogens (tertiary/aromatic N) is 2. The van der Waals surface area contributed by atoms with Crippen molar-refractivity contribution in [3.63, 3.8) is 0 Å². The van der Waals surface area contributed by atoms with E-state index in [4.69, 9.17) is 4.42 Å². The summed E-state index contributed by atoms with van der Waals surface area (Å²) in [6.45, 7) is 0. The van der Waals surface area contributed by atoms with Gasteiger partial charge in [0.25, 0.3) is 0 Å². The van der Waals surface area contributed by atoms with Crippen LogP contribution in [0.1, 0.15) is 11.5 Å². The molecule has 1 aliphatic rings. The molecule has 0 atom stereocenters. The van der Waals surface area contributed by atoms with E-state index in [1.807, 2.05) is 36.4 Å². The van der Waals surface area contributed by atoms with E-state index in [1.165, 1.54) is 6.26 Å². The summed E-state index contributed by atoms with van der Waals surface area (Å²) in [4.78, 5) is 4.06. The average Bonchev–Trinajstić information content (AvgIpc) is 2.76. The molecule has 0 spiro atoms. The summed E-state index contributed by atoms with van der Waals surface area (Å²) >= 11 is 0. The van der Waals surface area contributed by atoms with E-state index in [0.29, 0.717) is 11.6 Å². The molecule has 0 unspecified atom stereocenters. The molecule has 2 aromatic rings. The maximum atomic E-state index is 5.19. The molecule has 78 valence electrons. The highest BCUT2D eigenvalue weighted by molar-refractivity contribution is 6.09. The van der Waals surface area contributed by atoms with Gasteiger partial charge in [0.05, 0.1) is 11.9 Å². The first-order chi connectivity index (χ1) is 7.93. The predicted molar refractivity (Wildman–Crippen MR) is 62.1 cm³/mol. The fourth-order valence-electron chi connectivity index (χ4n) is 1.54. The number of hydrogen-bond donors (Lipinski definition) is 1. The molecule has 2 heterocycles. The van der Waals surface area contributed by atoms with Crippen LogP contribution in [0, 0.1) is 0 Å². The Morgan fingerprint density at radius 3 is 2.94 bits per heavy atom. The molecule has 1 N–H and O–H groups in total. The van der Waals surface area contributed by atoms with Crippen molar-refractivity contribution < 1.29 is 4.42 Å². The molecule has 0 aliphatic carbocycles. The molecule has 1 aliphatic heterocycles. The molecule has 0 saturated carbocycles. The highest BCUT2D eigenvalue weighted by Gasteiger charge is 2.08. The lowest BCUT2D eigenvalue weighted by molar-refractivity contribution is 0.548. The van der Waals surface area contributed by atoms with Crippen molar-refractivity contribution in [2.24, 2.45) is 5.10 Å². The highest BCUT2D eigenvalue weighted by atomic mass is 16.3. The Labute approximate surface area is 92.3 Å². The number of oxazole rings is 1. The molecule has 0 bridgehead atoms. The molecule has 0 fully saturated rings. The minimum absolute atomic E-state index is 0.511. The number of hydrazone groups is 1. The Morgan fingerprint density at radius 1 is 1.12 bits per heavy atom. The minimum Gasteiger partial charge on any atom is -0.443 e. The van der Waals surface area contributed by atoms with Gasteiger partial charge >= 0.3 is 0 Å². The van der Waals surface area contributed by atoms with Crippen LogP contribution in [0.25, 0.3) is 6.08 Å². The number of benzene rings is 1. The summed E-state index contributed by atoms with van der Waals surface area (Å²) in [6.07, 6.45) is 7.00. The van der Waals surface area contributed by atoms with Gasteiger partial charge in [0.1, 0.15) is 12.0 Å². The van der Waals surface area contributed by atoms with E-state index in [2.05, 4.69) is 15.5 Å². The summed E-state index contributed by atoms with van der Waals surface area (Å²) in [6, 6.07) is 7.95. The Hall–Kier alpha value is -2.36. The fraction of sp³-hybridized carbons (Fsp3) is 0. The van der Waals surface area contributed by atoms with E-state index in [0.717, 1.165) is 11.3 Å². The Balaban J connectivity index is 2.01. The Kier molecular flexibility index (Phi) is 2.04. The van der Waals surface area contributed by atoms with Crippen molar-refractivity contribution in [2.75, 3.05) is 5.43 Å². The maximum absolute atomic E-state index is 5.19. The Morgan fingerprint density at radius 2 is 2.06 bits per heavy atom. The molecule has 1 aromatic heterocycles. The topological polar surface area (TPSA) is 50.4 Å². The number of fused-ring (bicyclic) bond motifs is 1. The maximum Gasteiger partial charge on any atom is 0.246 e. The lowest BCUT2D eigenvalue weighted by atomic mass is 10.1. The second-order valence-electron chi connectivity index (χ2n) is 3.37. The summed E-state index contributed by atoms with van der Waals surface area (Å²) in [7, 11) is 0. The first-order valence-electron chi connectivity index (χ1n) is 4.94. The van der Waals surface area contributed by atoms with Gasteiger partial charge in [-0.05, 0) is 17.7 Å². The van der Waals surface area contributed by atoms with Crippen LogP contribution >= 0.6 is 0 Å². The van der Waals surface area contributed by atoms with E-state index in [9.17, 15) is 0 Å². The van der Waals surface area contributed by atoms with Crippen molar-refractivity contribution in [1.29, 1.82) is 0 Å². The van der Waals surface area contributed by atoms with Crippen molar-refractivity contribution in [2.45, 2.75) is 0 Å². The number of anilines is 1. The van der Waals surface area contributed by atoms with Crippen LogP contribution in [0.3, 0.4) is 0 Å². The molecule has 0 radical (unpaired) electrons. The largest absolute Gasteiger partial charge is 0.443 e. The fourth-order valence-corrected chi connectivity index (χ4v) is 1.54. The second kappa shape index (κ2) is 3.66. The molecular weight excluding hydrogens is 202 g/mol. The van der Waals surface area contributed by atoms with Gasteiger partial charge in [-0.1, -0.05) is 24.3 Å². The normalized spacial score (nSPS) is 13.6. The molecular formula is C12H9N3O. The minimum atomic E-state index is 0.511. The van der Waals surface area contributed by atoms with Gasteiger partial charge in [-0.2, -0.15) is 5.10 Å². The summed E-state index contributed by atoms with van der Waals surface area (Å²) in [5.41, 5.74) is 5.73. The summed E-state index contributed by atoms with van der Waals surface area (Å²) in [5.74, 6) is 0.511. The van der Waals surface area contributed by atoms with Crippen molar-refractivity contribution in [1.82, 2.24) is 4.98 Å². The highest BCUT2D eigenvalue weighted by Crippen LogP contribution is 2.19. The van der Waals surface area contributed by atoms with Crippen molar-refractivity contribution >= 4 is 17.5 Å². The quantitative estimate of drug-likeness (QED) is 0.788. The number of hydrogen-bond acceptors (Lipinski definition) is 4. The van der Waals surface area contributed by atoms with Crippen molar-refractivity contribution in [3.8, 4) is 0 Å². The number of rotatable bonds is 1. The Bertz CT molecular complexity index is 555. The number of aromatic nitrogens is 1. The average molecular weight is 211 g/mol. The number of para-hydroxylation sites is 1. The zero-order valence-electron chi connectivity index (χ0n) is 8.42. The molecule has 0 saturated heterocycles. The predicted octanol–water partition coefficient (Wildman–Crippen LogP) is 2.52. The first kappa shape index (κ1) is 8.91. The molecule has 3 rings (SSSR count). The molecule has 0 amide bonds. The van der Waals surface area contributed by atoms with Gasteiger partial charge in [-0.3, -0.25) is 5.43 Å². The van der Waals surface area contributed by atoms with Gasteiger partial charge in [-0.25, -0.2) is 4.98 Å². The van der Waals surface area contributed by atoms with Crippen LogP contribution in [0.15, 0.2) is 52.3 Å². The summed E-state index contributed by atoms with van der Waals surface area (Å²) in [5, 5.41) is 4.23. The van der Waals surface area contributed by atoms with Crippen LogP contribution in [0.5, 0.6) is 0 Å². The zero-order chi connectivity index (χ0) is 10.8. The third-order valence-corrected chi connectivity index (χ3v) is 2.33. The zero-order valence-corrected chi connectivity index (χ0v) is 8.42. The second-order valence-corrected chi connectivity index (χ2v) is 3.37. The van der Waals surface area contributed by atoms with Crippen molar-refractivity contribution in [3.05, 3.63) is 54.3 Å². The van der Waals surface area contributed by atoms with E-state index < -0.39 is 0 Å². The van der Waals surface area contributed by atoms with Crippen LogP contribution in [-0.2, 0) is 0 Å². The van der Waals surface area contributed by atoms with E-state index >= 15 is 0 Å². The molecule has 16 heavy (non-hydrogen) atoms. The van der Waals surface area contributed by atoms with Gasteiger partial charge in [0, 0.05) is 0 Å². The van der Waals surface area contributed by atoms with E-state index in [-0.39, 0.29) is 0 Å². The van der Waals surface area contributed by atoms with Gasteiger partial charge in [-0.15, -0.1) is 0 Å². The lowest BCUT2D eigenvalue weighted by Crippen LogP contribution is -1.99.